The van der Waals surface area contributed by atoms with E-state index in [-0.39, 0.29) is 11.9 Å². The Morgan fingerprint density at radius 1 is 1.30 bits per heavy atom. The Kier molecular flexibility index (Phi) is 6.16. The van der Waals surface area contributed by atoms with E-state index in [9.17, 15) is 4.79 Å². The first kappa shape index (κ1) is 19.4. The predicted octanol–water partition coefficient (Wildman–Crippen LogP) is 4.01. The third-order valence-corrected chi connectivity index (χ3v) is 4.74. The Labute approximate surface area is 165 Å². The fourth-order valence-electron chi connectivity index (χ4n) is 3.21. The van der Waals surface area contributed by atoms with Crippen molar-refractivity contribution in [1.29, 1.82) is 0 Å². The number of amides is 1. The molecule has 1 atom stereocenters. The van der Waals surface area contributed by atoms with Gasteiger partial charge in [-0.1, -0.05) is 31.5 Å². The number of carbonyl (C=O) groups is 1. The number of piperazine rings is 1. The lowest BCUT2D eigenvalue weighted by molar-refractivity contribution is -0.134. The van der Waals surface area contributed by atoms with Gasteiger partial charge < -0.3 is 14.5 Å². The summed E-state index contributed by atoms with van der Waals surface area (Å²) < 4.78 is 5.79. The average Bonchev–Trinajstić information content (AvgIpc) is 2.61. The van der Waals surface area contributed by atoms with Crippen molar-refractivity contribution in [2.45, 2.75) is 33.2 Å². The Morgan fingerprint density at radius 2 is 2.11 bits per heavy atom. The highest BCUT2D eigenvalue weighted by molar-refractivity contribution is 6.30. The summed E-state index contributed by atoms with van der Waals surface area (Å²) in [6.45, 7) is 8.39. The zero-order valence-corrected chi connectivity index (χ0v) is 16.7. The molecule has 0 saturated carbocycles. The number of hydrogen-bond donors (Lipinski definition) is 0. The average molecular weight is 389 g/mol. The summed E-state index contributed by atoms with van der Waals surface area (Å²) in [6, 6.07) is 9.14. The highest BCUT2D eigenvalue weighted by Gasteiger charge is 2.28. The molecule has 0 aliphatic carbocycles. The summed E-state index contributed by atoms with van der Waals surface area (Å²) in [5.74, 6) is 2.49. The van der Waals surface area contributed by atoms with Crippen LogP contribution in [0, 0.1) is 5.92 Å². The van der Waals surface area contributed by atoms with Crippen LogP contribution in [0.25, 0.3) is 0 Å². The normalized spacial score (nSPS) is 17.3. The number of ether oxygens (including phenoxy) is 1. The van der Waals surface area contributed by atoms with E-state index in [1.165, 1.54) is 6.33 Å². The molecule has 2 aromatic rings. The van der Waals surface area contributed by atoms with Crippen LogP contribution in [0.5, 0.6) is 11.6 Å². The molecular formula is C20H25ClN4O2. The van der Waals surface area contributed by atoms with Gasteiger partial charge in [0.1, 0.15) is 17.9 Å². The molecule has 6 nitrogen and oxygen atoms in total. The van der Waals surface area contributed by atoms with E-state index in [0.717, 1.165) is 18.9 Å². The zero-order chi connectivity index (χ0) is 19.4. The SMILES string of the molecule is CC(C)CC(=O)N1CCN(c2cc(Oc3cccc(Cl)c3)ncn2)C[C@@H]1C. The number of hydrogen-bond acceptors (Lipinski definition) is 5. The molecule has 1 fully saturated rings. The number of aromatic nitrogens is 2. The Bertz CT molecular complexity index is 799. The van der Waals surface area contributed by atoms with Crippen LogP contribution in [0.3, 0.4) is 0 Å². The predicted molar refractivity (Wildman–Crippen MR) is 106 cm³/mol. The van der Waals surface area contributed by atoms with Crippen LogP contribution in [0.15, 0.2) is 36.7 Å². The van der Waals surface area contributed by atoms with Crippen molar-refractivity contribution >= 4 is 23.3 Å². The van der Waals surface area contributed by atoms with Crippen LogP contribution in [0.1, 0.15) is 27.2 Å². The first-order valence-electron chi connectivity index (χ1n) is 9.22. The van der Waals surface area contributed by atoms with Crippen LogP contribution in [0.4, 0.5) is 5.82 Å². The van der Waals surface area contributed by atoms with Crippen molar-refractivity contribution in [3.05, 3.63) is 41.7 Å². The van der Waals surface area contributed by atoms with Gasteiger partial charge in [-0.15, -0.1) is 0 Å². The van der Waals surface area contributed by atoms with Gasteiger partial charge in [0.05, 0.1) is 0 Å². The lowest BCUT2D eigenvalue weighted by atomic mass is 10.1. The van der Waals surface area contributed by atoms with Gasteiger partial charge in [-0.2, -0.15) is 0 Å². The molecule has 1 aromatic carbocycles. The molecule has 0 N–H and O–H groups in total. The Hall–Kier alpha value is -2.34. The molecule has 1 saturated heterocycles. The molecule has 27 heavy (non-hydrogen) atoms. The number of anilines is 1. The van der Waals surface area contributed by atoms with Crippen molar-refractivity contribution in [2.75, 3.05) is 24.5 Å². The topological polar surface area (TPSA) is 58.6 Å². The molecule has 0 spiro atoms. The van der Waals surface area contributed by atoms with Crippen molar-refractivity contribution in [2.24, 2.45) is 5.92 Å². The standard InChI is InChI=1S/C20H25ClN4O2/c1-14(2)9-20(26)25-8-7-24(12-15(25)3)18-11-19(23-13-22-18)27-17-6-4-5-16(21)10-17/h4-6,10-11,13-15H,7-9,12H2,1-3H3/t15-/m0/s1. The summed E-state index contributed by atoms with van der Waals surface area (Å²) in [4.78, 5) is 25.1. The Balaban J connectivity index is 1.66. The van der Waals surface area contributed by atoms with Gasteiger partial charge >= 0.3 is 0 Å². The van der Waals surface area contributed by atoms with Gasteiger partial charge in [-0.25, -0.2) is 9.97 Å². The van der Waals surface area contributed by atoms with E-state index in [1.807, 2.05) is 23.1 Å². The maximum atomic E-state index is 12.4. The molecule has 0 bridgehead atoms. The zero-order valence-electron chi connectivity index (χ0n) is 15.9. The molecule has 0 radical (unpaired) electrons. The molecule has 1 aliphatic heterocycles. The van der Waals surface area contributed by atoms with Gasteiger partial charge in [0.25, 0.3) is 0 Å². The molecule has 144 valence electrons. The second-order valence-electron chi connectivity index (χ2n) is 7.25. The summed E-state index contributed by atoms with van der Waals surface area (Å²) in [6.07, 6.45) is 2.09. The second kappa shape index (κ2) is 8.57. The van der Waals surface area contributed by atoms with Crippen LogP contribution >= 0.6 is 11.6 Å². The second-order valence-corrected chi connectivity index (χ2v) is 7.69. The molecule has 3 rings (SSSR count). The summed E-state index contributed by atoms with van der Waals surface area (Å²) in [5, 5.41) is 0.609. The van der Waals surface area contributed by atoms with Gasteiger partial charge in [0, 0.05) is 43.2 Å². The van der Waals surface area contributed by atoms with E-state index in [1.54, 1.807) is 12.1 Å². The van der Waals surface area contributed by atoms with Crippen molar-refractivity contribution in [3.63, 3.8) is 0 Å². The highest BCUT2D eigenvalue weighted by atomic mass is 35.5. The molecule has 7 heteroatoms. The molecule has 1 amide bonds. The van der Waals surface area contributed by atoms with Crippen molar-refractivity contribution < 1.29 is 9.53 Å². The summed E-state index contributed by atoms with van der Waals surface area (Å²) >= 11 is 6.00. The fraction of sp³-hybridized carbons (Fsp3) is 0.450. The molecule has 0 unspecified atom stereocenters. The number of rotatable bonds is 5. The van der Waals surface area contributed by atoms with Crippen molar-refractivity contribution in [3.8, 4) is 11.6 Å². The van der Waals surface area contributed by atoms with E-state index < -0.39 is 0 Å². The Morgan fingerprint density at radius 3 is 2.81 bits per heavy atom. The quantitative estimate of drug-likeness (QED) is 0.774. The first-order valence-corrected chi connectivity index (χ1v) is 9.60. The van der Waals surface area contributed by atoms with Gasteiger partial charge in [-0.3, -0.25) is 4.79 Å². The number of nitrogens with zero attached hydrogens (tertiary/aromatic N) is 4. The third-order valence-electron chi connectivity index (χ3n) is 4.50. The monoisotopic (exact) mass is 388 g/mol. The van der Waals surface area contributed by atoms with E-state index in [2.05, 4.69) is 35.6 Å². The van der Waals surface area contributed by atoms with Crippen LogP contribution in [0.2, 0.25) is 5.02 Å². The molecular weight excluding hydrogens is 364 g/mol. The van der Waals surface area contributed by atoms with E-state index in [4.69, 9.17) is 16.3 Å². The van der Waals surface area contributed by atoms with Gasteiger partial charge in [0.2, 0.25) is 11.8 Å². The number of carbonyl (C=O) groups excluding carboxylic acids is 1. The van der Waals surface area contributed by atoms with Crippen LogP contribution in [-0.4, -0.2) is 46.5 Å². The summed E-state index contributed by atoms with van der Waals surface area (Å²) in [7, 11) is 0. The van der Waals surface area contributed by atoms with E-state index >= 15 is 0 Å². The molecule has 2 heterocycles. The minimum absolute atomic E-state index is 0.136. The summed E-state index contributed by atoms with van der Waals surface area (Å²) in [5.41, 5.74) is 0. The van der Waals surface area contributed by atoms with E-state index in [0.29, 0.717) is 35.5 Å². The first-order chi connectivity index (χ1) is 12.9. The minimum Gasteiger partial charge on any atom is -0.439 e. The van der Waals surface area contributed by atoms with Crippen molar-refractivity contribution in [1.82, 2.24) is 14.9 Å². The van der Waals surface area contributed by atoms with Gasteiger partial charge in [-0.05, 0) is 31.0 Å². The maximum absolute atomic E-state index is 12.4. The van der Waals surface area contributed by atoms with Gasteiger partial charge in [0.15, 0.2) is 0 Å². The lowest BCUT2D eigenvalue weighted by Crippen LogP contribution is -2.54. The highest BCUT2D eigenvalue weighted by Crippen LogP contribution is 2.26. The molecule has 1 aromatic heterocycles. The van der Waals surface area contributed by atoms with Crippen LogP contribution < -0.4 is 9.64 Å². The number of halogens is 1. The smallest absolute Gasteiger partial charge is 0.224 e. The third kappa shape index (κ3) is 5.10. The number of benzene rings is 1. The lowest BCUT2D eigenvalue weighted by Gasteiger charge is -2.40. The van der Waals surface area contributed by atoms with Crippen LogP contribution in [-0.2, 0) is 4.79 Å². The molecule has 1 aliphatic rings. The largest absolute Gasteiger partial charge is 0.439 e. The fourth-order valence-corrected chi connectivity index (χ4v) is 3.39. The minimum atomic E-state index is 0.136. The maximum Gasteiger partial charge on any atom is 0.224 e.